The molecule has 0 saturated heterocycles. The van der Waals surface area contributed by atoms with E-state index < -0.39 is 0 Å². The van der Waals surface area contributed by atoms with Gasteiger partial charge in [-0.2, -0.15) is 0 Å². The Kier molecular flexibility index (Phi) is 15.7. The average Bonchev–Trinajstić information content (AvgIpc) is 3.31. The summed E-state index contributed by atoms with van der Waals surface area (Å²) >= 11 is 0. The standard InChI is InChI=1S/C27H49N5O/c1-2-3-4-5-6-7-8-9-10-11-24-33-26-14-12-25(13-15-26)27-31-21-23-32(27)22-20-30-19-18-29-17-16-28/h12-15,29-30H,2-11,16-24,28H2,1H3. The van der Waals surface area contributed by atoms with E-state index in [4.69, 9.17) is 15.5 Å². The molecule has 0 amide bonds. The van der Waals surface area contributed by atoms with Crippen molar-refractivity contribution < 1.29 is 4.74 Å². The van der Waals surface area contributed by atoms with E-state index in [0.717, 1.165) is 70.4 Å². The van der Waals surface area contributed by atoms with Gasteiger partial charge in [0, 0.05) is 51.4 Å². The van der Waals surface area contributed by atoms with Gasteiger partial charge in [0.25, 0.3) is 0 Å². The van der Waals surface area contributed by atoms with E-state index in [2.05, 4.69) is 46.7 Å². The van der Waals surface area contributed by atoms with Gasteiger partial charge in [-0.3, -0.25) is 4.99 Å². The maximum Gasteiger partial charge on any atom is 0.131 e. The Balaban J connectivity index is 1.54. The van der Waals surface area contributed by atoms with E-state index in [-0.39, 0.29) is 0 Å². The zero-order valence-corrected chi connectivity index (χ0v) is 21.1. The van der Waals surface area contributed by atoms with Crippen LogP contribution in [-0.4, -0.2) is 69.7 Å². The second-order valence-electron chi connectivity index (χ2n) is 9.04. The molecule has 1 aliphatic rings. The van der Waals surface area contributed by atoms with Crippen LogP contribution in [0.3, 0.4) is 0 Å². The molecule has 0 fully saturated rings. The molecule has 0 radical (unpaired) electrons. The number of hydrogen-bond donors (Lipinski definition) is 3. The fraction of sp³-hybridized carbons (Fsp3) is 0.741. The summed E-state index contributed by atoms with van der Waals surface area (Å²) in [4.78, 5) is 7.11. The van der Waals surface area contributed by atoms with Crippen LogP contribution in [0.15, 0.2) is 29.3 Å². The van der Waals surface area contributed by atoms with Crippen LogP contribution in [0.2, 0.25) is 0 Å². The molecule has 1 heterocycles. The summed E-state index contributed by atoms with van der Waals surface area (Å²) in [5.41, 5.74) is 6.67. The van der Waals surface area contributed by atoms with E-state index in [9.17, 15) is 0 Å². The van der Waals surface area contributed by atoms with Gasteiger partial charge in [-0.05, 0) is 30.7 Å². The van der Waals surface area contributed by atoms with E-state index in [0.29, 0.717) is 6.54 Å². The summed E-state index contributed by atoms with van der Waals surface area (Å²) in [5, 5.41) is 6.79. The smallest absolute Gasteiger partial charge is 0.131 e. The Morgan fingerprint density at radius 2 is 1.48 bits per heavy atom. The zero-order valence-electron chi connectivity index (χ0n) is 21.1. The average molecular weight is 460 g/mol. The van der Waals surface area contributed by atoms with Gasteiger partial charge < -0.3 is 26.0 Å². The zero-order chi connectivity index (χ0) is 23.4. The third-order valence-electron chi connectivity index (χ3n) is 6.17. The van der Waals surface area contributed by atoms with Gasteiger partial charge >= 0.3 is 0 Å². The van der Waals surface area contributed by atoms with Gasteiger partial charge in [0.1, 0.15) is 11.6 Å². The Hall–Kier alpha value is -1.63. The molecule has 1 aliphatic heterocycles. The molecule has 0 spiro atoms. The second kappa shape index (κ2) is 18.8. The molecule has 4 N–H and O–H groups in total. The van der Waals surface area contributed by atoms with Crippen molar-refractivity contribution in [1.82, 2.24) is 15.5 Å². The fourth-order valence-electron chi connectivity index (χ4n) is 4.20. The van der Waals surface area contributed by atoms with Crippen molar-refractivity contribution in [3.05, 3.63) is 29.8 Å². The van der Waals surface area contributed by atoms with Crippen LogP contribution < -0.4 is 21.1 Å². The Morgan fingerprint density at radius 1 is 0.848 bits per heavy atom. The summed E-state index contributed by atoms with van der Waals surface area (Å²) in [6.07, 6.45) is 13.5. The lowest BCUT2D eigenvalue weighted by Gasteiger charge is -2.21. The molecule has 2 rings (SSSR count). The number of nitrogens with two attached hydrogens (primary N) is 1. The van der Waals surface area contributed by atoms with Crippen molar-refractivity contribution in [2.24, 2.45) is 10.7 Å². The van der Waals surface area contributed by atoms with Gasteiger partial charge in [0.15, 0.2) is 0 Å². The number of rotatable bonds is 21. The molecule has 33 heavy (non-hydrogen) atoms. The van der Waals surface area contributed by atoms with Crippen molar-refractivity contribution in [3.8, 4) is 5.75 Å². The lowest BCUT2D eigenvalue weighted by Crippen LogP contribution is -2.37. The molecule has 0 bridgehead atoms. The number of benzene rings is 1. The monoisotopic (exact) mass is 459 g/mol. The summed E-state index contributed by atoms with van der Waals surface area (Å²) in [6, 6.07) is 8.47. The molecule has 6 nitrogen and oxygen atoms in total. The highest BCUT2D eigenvalue weighted by Gasteiger charge is 2.18. The van der Waals surface area contributed by atoms with Gasteiger partial charge in [-0.15, -0.1) is 0 Å². The summed E-state index contributed by atoms with van der Waals surface area (Å²) in [6.45, 7) is 10.4. The molecular formula is C27H49N5O. The number of nitrogens with zero attached hydrogens (tertiary/aromatic N) is 2. The Bertz CT molecular complexity index is 619. The number of unbranched alkanes of at least 4 members (excludes halogenated alkanes) is 9. The van der Waals surface area contributed by atoms with Gasteiger partial charge in [0.05, 0.1) is 13.2 Å². The molecule has 0 unspecified atom stereocenters. The predicted octanol–water partition coefficient (Wildman–Crippen LogP) is 4.19. The summed E-state index contributed by atoms with van der Waals surface area (Å²) in [7, 11) is 0. The third kappa shape index (κ3) is 12.4. The largest absolute Gasteiger partial charge is 0.494 e. The molecule has 0 atom stereocenters. The fourth-order valence-corrected chi connectivity index (χ4v) is 4.20. The highest BCUT2D eigenvalue weighted by molar-refractivity contribution is 5.99. The third-order valence-corrected chi connectivity index (χ3v) is 6.17. The van der Waals surface area contributed by atoms with Crippen LogP contribution >= 0.6 is 0 Å². The highest BCUT2D eigenvalue weighted by Crippen LogP contribution is 2.17. The topological polar surface area (TPSA) is 74.9 Å². The van der Waals surface area contributed by atoms with Crippen molar-refractivity contribution >= 4 is 5.84 Å². The van der Waals surface area contributed by atoms with E-state index in [1.165, 1.54) is 63.4 Å². The molecule has 0 saturated carbocycles. The first-order valence-corrected chi connectivity index (χ1v) is 13.5. The SMILES string of the molecule is CCCCCCCCCCCCOc1ccc(C2=NCCN2CCNCCNCCN)cc1. The minimum Gasteiger partial charge on any atom is -0.494 e. The number of hydrogen-bond acceptors (Lipinski definition) is 6. The molecular weight excluding hydrogens is 410 g/mol. The number of amidine groups is 1. The van der Waals surface area contributed by atoms with E-state index in [1.54, 1.807) is 0 Å². The maximum absolute atomic E-state index is 5.96. The highest BCUT2D eigenvalue weighted by atomic mass is 16.5. The van der Waals surface area contributed by atoms with Crippen molar-refractivity contribution in [1.29, 1.82) is 0 Å². The van der Waals surface area contributed by atoms with Crippen LogP contribution in [0.1, 0.15) is 76.7 Å². The molecule has 188 valence electrons. The number of ether oxygens (including phenoxy) is 1. The van der Waals surface area contributed by atoms with E-state index in [1.807, 2.05) is 0 Å². The normalized spacial score (nSPS) is 13.5. The van der Waals surface area contributed by atoms with Crippen molar-refractivity contribution in [3.63, 3.8) is 0 Å². The second-order valence-corrected chi connectivity index (χ2v) is 9.04. The Labute approximate surface area is 202 Å². The Morgan fingerprint density at radius 3 is 2.15 bits per heavy atom. The maximum atomic E-state index is 5.96. The first kappa shape index (κ1) is 27.6. The van der Waals surface area contributed by atoms with Crippen molar-refractivity contribution in [2.75, 3.05) is 59.0 Å². The van der Waals surface area contributed by atoms with Crippen LogP contribution in [0.5, 0.6) is 5.75 Å². The first-order valence-electron chi connectivity index (χ1n) is 13.5. The van der Waals surface area contributed by atoms with Crippen LogP contribution in [0.25, 0.3) is 0 Å². The van der Waals surface area contributed by atoms with Gasteiger partial charge in [-0.1, -0.05) is 64.7 Å². The molecule has 6 heteroatoms. The minimum absolute atomic E-state index is 0.691. The summed E-state index contributed by atoms with van der Waals surface area (Å²) in [5.74, 6) is 2.07. The molecule has 1 aromatic rings. The molecule has 0 aliphatic carbocycles. The number of nitrogens with one attached hydrogen (secondary N) is 2. The molecule has 1 aromatic carbocycles. The summed E-state index contributed by atoms with van der Waals surface area (Å²) < 4.78 is 5.96. The van der Waals surface area contributed by atoms with Gasteiger partial charge in [0.2, 0.25) is 0 Å². The van der Waals surface area contributed by atoms with Gasteiger partial charge in [-0.25, -0.2) is 0 Å². The number of aliphatic imine (C=N–C) groups is 1. The van der Waals surface area contributed by atoms with Crippen LogP contribution in [-0.2, 0) is 0 Å². The quantitative estimate of drug-likeness (QED) is 0.240. The van der Waals surface area contributed by atoms with E-state index >= 15 is 0 Å². The van der Waals surface area contributed by atoms with Crippen LogP contribution in [0, 0.1) is 0 Å². The first-order chi connectivity index (χ1) is 16.3. The minimum atomic E-state index is 0.691. The van der Waals surface area contributed by atoms with Crippen molar-refractivity contribution in [2.45, 2.75) is 71.1 Å². The van der Waals surface area contributed by atoms with Crippen LogP contribution in [0.4, 0.5) is 0 Å². The lowest BCUT2D eigenvalue weighted by molar-refractivity contribution is 0.304. The predicted molar refractivity (Wildman–Crippen MR) is 142 cm³/mol. The molecule has 0 aromatic heterocycles. The lowest BCUT2D eigenvalue weighted by atomic mass is 10.1.